The van der Waals surface area contributed by atoms with Crippen LogP contribution in [0.15, 0.2) is 18.2 Å². The Labute approximate surface area is 59.9 Å². The number of hydrogen-bond donors (Lipinski definition) is 0. The average molecular weight is 139 g/mol. The minimum absolute atomic E-state index is 0.173. The van der Waals surface area contributed by atoms with Crippen molar-refractivity contribution in [3.63, 3.8) is 0 Å². The molecule has 0 saturated carbocycles. The lowest BCUT2D eigenvalue weighted by molar-refractivity contribution is 0.112. The lowest BCUT2D eigenvalue weighted by Crippen LogP contribution is -1.88. The first-order valence-electron chi connectivity index (χ1n) is 3.37. The van der Waals surface area contributed by atoms with Gasteiger partial charge in [-0.1, -0.05) is 12.1 Å². The van der Waals surface area contributed by atoms with Gasteiger partial charge in [-0.2, -0.15) is 0 Å². The molecular weight excluding hydrogens is 131 g/mol. The Hall–Kier alpha value is -1.18. The number of carbonyl (C=O) groups excluding carboxylic acids is 1. The van der Waals surface area contributed by atoms with Gasteiger partial charge in [0.05, 0.1) is 1.37 Å². The number of hydrogen-bond acceptors (Lipinski definition) is 1. The fourth-order valence-corrected chi connectivity index (χ4v) is 0.692. The Balaban J connectivity index is 3.36. The van der Waals surface area contributed by atoms with E-state index in [1.54, 1.807) is 0 Å². The highest BCUT2D eigenvalue weighted by Crippen LogP contribution is 2.08. The molecule has 0 spiro atoms. The molecule has 0 aliphatic rings. The summed E-state index contributed by atoms with van der Waals surface area (Å²) >= 11 is 0. The van der Waals surface area contributed by atoms with Gasteiger partial charge in [0.2, 0.25) is 0 Å². The molecule has 2 heteroatoms. The summed E-state index contributed by atoms with van der Waals surface area (Å²) in [5.41, 5.74) is 0.547. The van der Waals surface area contributed by atoms with E-state index in [1.165, 1.54) is 19.1 Å². The third-order valence-corrected chi connectivity index (χ3v) is 1.36. The van der Waals surface area contributed by atoms with Crippen LogP contribution in [0.25, 0.3) is 0 Å². The molecule has 0 amide bonds. The van der Waals surface area contributed by atoms with Gasteiger partial charge < -0.3 is 0 Å². The molecule has 0 N–H and O–H groups in total. The molecule has 0 heterocycles. The van der Waals surface area contributed by atoms with Crippen LogP contribution in [0.5, 0.6) is 0 Å². The van der Waals surface area contributed by atoms with Gasteiger partial charge in [-0.3, -0.25) is 4.79 Å². The molecule has 0 saturated heterocycles. The SMILES string of the molecule is [2H]c1ccc(C=O)c(C)c1F. The fourth-order valence-electron chi connectivity index (χ4n) is 0.692. The maximum Gasteiger partial charge on any atom is 0.150 e. The zero-order valence-electron chi connectivity index (χ0n) is 6.52. The van der Waals surface area contributed by atoms with E-state index in [0.29, 0.717) is 11.8 Å². The highest BCUT2D eigenvalue weighted by Gasteiger charge is 1.99. The number of rotatable bonds is 1. The maximum atomic E-state index is 12.8. The standard InChI is InChI=1S/C8H7FO/c1-6-7(5-10)3-2-4-8(6)9/h2-5H,1H3/i4D. The molecule has 0 aliphatic heterocycles. The van der Waals surface area contributed by atoms with Crippen LogP contribution in [0.3, 0.4) is 0 Å². The maximum absolute atomic E-state index is 12.8. The van der Waals surface area contributed by atoms with Crippen molar-refractivity contribution < 1.29 is 10.6 Å². The third kappa shape index (κ3) is 1.05. The predicted molar refractivity (Wildman–Crippen MR) is 36.5 cm³/mol. The van der Waals surface area contributed by atoms with Gasteiger partial charge in [-0.25, -0.2) is 4.39 Å². The Kier molecular flexibility index (Phi) is 1.46. The normalized spacial score (nSPS) is 10.8. The first kappa shape index (κ1) is 5.59. The highest BCUT2D eigenvalue weighted by molar-refractivity contribution is 5.76. The van der Waals surface area contributed by atoms with Crippen LogP contribution >= 0.6 is 0 Å². The average Bonchev–Trinajstić information content (AvgIpc) is 2.01. The molecule has 0 bridgehead atoms. The van der Waals surface area contributed by atoms with Crippen LogP contribution in [0.1, 0.15) is 17.3 Å². The number of halogens is 1. The van der Waals surface area contributed by atoms with E-state index in [4.69, 9.17) is 1.37 Å². The van der Waals surface area contributed by atoms with Crippen LogP contribution in [-0.4, -0.2) is 6.29 Å². The van der Waals surface area contributed by atoms with Gasteiger partial charge in [0.25, 0.3) is 0 Å². The van der Waals surface area contributed by atoms with Crippen LogP contribution in [0, 0.1) is 12.7 Å². The monoisotopic (exact) mass is 139 g/mol. The minimum Gasteiger partial charge on any atom is -0.298 e. The van der Waals surface area contributed by atoms with Gasteiger partial charge in [0.1, 0.15) is 12.1 Å². The second-order valence-electron chi connectivity index (χ2n) is 1.99. The van der Waals surface area contributed by atoms with E-state index < -0.39 is 5.82 Å². The molecule has 1 nitrogen and oxygen atoms in total. The van der Waals surface area contributed by atoms with Crippen molar-refractivity contribution in [2.24, 2.45) is 0 Å². The zero-order chi connectivity index (χ0) is 8.43. The van der Waals surface area contributed by atoms with Crippen molar-refractivity contribution in [2.75, 3.05) is 0 Å². The summed E-state index contributed by atoms with van der Waals surface area (Å²) in [6.07, 6.45) is 0.581. The summed E-state index contributed by atoms with van der Waals surface area (Å²) in [5.74, 6) is -0.616. The summed E-state index contributed by atoms with van der Waals surface area (Å²) in [5, 5.41) is 0. The summed E-state index contributed by atoms with van der Waals surface area (Å²) in [7, 11) is 0. The number of benzene rings is 1. The summed E-state index contributed by atoms with van der Waals surface area (Å²) < 4.78 is 19.9. The van der Waals surface area contributed by atoms with Crippen molar-refractivity contribution in [1.82, 2.24) is 0 Å². The highest BCUT2D eigenvalue weighted by atomic mass is 19.1. The quantitative estimate of drug-likeness (QED) is 0.543. The first-order chi connectivity index (χ1) is 5.16. The first-order valence-corrected chi connectivity index (χ1v) is 2.87. The Morgan fingerprint density at radius 3 is 3.10 bits per heavy atom. The molecule has 0 fully saturated rings. The predicted octanol–water partition coefficient (Wildman–Crippen LogP) is 1.95. The molecular formula is C8H7FO. The molecule has 1 rings (SSSR count). The van der Waals surface area contributed by atoms with E-state index >= 15 is 0 Å². The van der Waals surface area contributed by atoms with Gasteiger partial charge in [-0.15, -0.1) is 0 Å². The molecule has 0 atom stereocenters. The number of aldehydes is 1. The van der Waals surface area contributed by atoms with Gasteiger partial charge in [0.15, 0.2) is 0 Å². The molecule has 0 unspecified atom stereocenters. The largest absolute Gasteiger partial charge is 0.298 e. The summed E-state index contributed by atoms with van der Waals surface area (Å²) in [4.78, 5) is 10.3. The topological polar surface area (TPSA) is 17.1 Å². The van der Waals surface area contributed by atoms with Gasteiger partial charge in [0, 0.05) is 5.56 Å². The molecule has 10 heavy (non-hydrogen) atoms. The molecule has 0 aliphatic carbocycles. The molecule has 0 aromatic heterocycles. The lowest BCUT2D eigenvalue weighted by Gasteiger charge is -1.96. The van der Waals surface area contributed by atoms with E-state index in [1.807, 2.05) is 0 Å². The molecule has 0 radical (unpaired) electrons. The fraction of sp³-hybridized carbons (Fsp3) is 0.125. The van der Waals surface area contributed by atoms with Crippen molar-refractivity contribution in [1.29, 1.82) is 0 Å². The second kappa shape index (κ2) is 2.60. The van der Waals surface area contributed by atoms with E-state index in [9.17, 15) is 9.18 Å². The van der Waals surface area contributed by atoms with Crippen molar-refractivity contribution in [3.8, 4) is 0 Å². The summed E-state index contributed by atoms with van der Waals surface area (Å²) in [6.45, 7) is 1.48. The Morgan fingerprint density at radius 1 is 1.80 bits per heavy atom. The zero-order valence-corrected chi connectivity index (χ0v) is 5.52. The molecule has 52 valence electrons. The van der Waals surface area contributed by atoms with Crippen molar-refractivity contribution >= 4 is 6.29 Å². The van der Waals surface area contributed by atoms with Crippen LogP contribution in [-0.2, 0) is 0 Å². The molecule has 1 aromatic carbocycles. The minimum atomic E-state index is -0.616. The van der Waals surface area contributed by atoms with Crippen LogP contribution in [0.2, 0.25) is 0 Å². The lowest BCUT2D eigenvalue weighted by atomic mass is 10.1. The summed E-state index contributed by atoms with van der Waals surface area (Å²) in [6, 6.07) is 2.54. The Morgan fingerprint density at radius 2 is 2.50 bits per heavy atom. The van der Waals surface area contributed by atoms with Crippen LogP contribution < -0.4 is 0 Å². The number of carbonyl (C=O) groups is 1. The van der Waals surface area contributed by atoms with E-state index in [-0.39, 0.29) is 11.6 Å². The van der Waals surface area contributed by atoms with Gasteiger partial charge >= 0.3 is 0 Å². The molecule has 1 aromatic rings. The third-order valence-electron chi connectivity index (χ3n) is 1.36. The van der Waals surface area contributed by atoms with E-state index in [2.05, 4.69) is 0 Å². The van der Waals surface area contributed by atoms with Crippen LogP contribution in [0.4, 0.5) is 4.39 Å². The van der Waals surface area contributed by atoms with Gasteiger partial charge in [-0.05, 0) is 18.5 Å². The van der Waals surface area contributed by atoms with Crippen molar-refractivity contribution in [2.45, 2.75) is 6.92 Å². The second-order valence-corrected chi connectivity index (χ2v) is 1.99. The van der Waals surface area contributed by atoms with E-state index in [0.717, 1.165) is 0 Å². The smallest absolute Gasteiger partial charge is 0.150 e. The Bertz CT molecular complexity index is 296. The van der Waals surface area contributed by atoms with Crippen molar-refractivity contribution in [3.05, 3.63) is 35.1 Å².